The monoisotopic (exact) mass is 816 g/mol. The molecule has 56 heavy (non-hydrogen) atoms. The van der Waals surface area contributed by atoms with E-state index in [1.165, 1.54) is 128 Å². The number of rotatable bonds is 31. The van der Waals surface area contributed by atoms with Gasteiger partial charge in [-0.3, -0.25) is 4.21 Å². The van der Waals surface area contributed by atoms with E-state index in [2.05, 4.69) is 11.3 Å². The first kappa shape index (κ1) is 48.3. The first-order valence-electron chi connectivity index (χ1n) is 23.4. The molecule has 5 rings (SSSR count). The predicted molar refractivity (Wildman–Crippen MR) is 225 cm³/mol. The second kappa shape index (κ2) is 25.4. The third-order valence-electron chi connectivity index (χ3n) is 13.9. The van der Waals surface area contributed by atoms with E-state index in [4.69, 9.17) is 9.47 Å². The van der Waals surface area contributed by atoms with Gasteiger partial charge in [0.25, 0.3) is 0 Å². The molecule has 1 saturated heterocycles. The number of unbranched alkanes of at least 4 members (excludes halogenated alkanes) is 18. The molecule has 10 nitrogen and oxygen atoms in total. The van der Waals surface area contributed by atoms with Crippen molar-refractivity contribution in [1.29, 1.82) is 0 Å². The van der Waals surface area contributed by atoms with E-state index in [-0.39, 0.29) is 6.61 Å². The van der Waals surface area contributed by atoms with Crippen LogP contribution in [0.2, 0.25) is 0 Å². The van der Waals surface area contributed by atoms with Crippen molar-refractivity contribution in [2.24, 2.45) is 27.5 Å². The molecule has 1 heterocycles. The Morgan fingerprint density at radius 1 is 0.696 bits per heavy atom. The van der Waals surface area contributed by atoms with Gasteiger partial charge >= 0.3 is 0 Å². The van der Waals surface area contributed by atoms with Crippen molar-refractivity contribution < 1.29 is 44.3 Å². The lowest BCUT2D eigenvalue weighted by atomic mass is 9.48. The minimum Gasteiger partial charge on any atom is -0.394 e. The Balaban J connectivity index is 1.16. The molecular weight excluding hydrogens is 731 g/mol. The van der Waals surface area contributed by atoms with Crippen molar-refractivity contribution in [1.82, 2.24) is 0 Å². The van der Waals surface area contributed by atoms with Gasteiger partial charge in [-0.1, -0.05) is 129 Å². The van der Waals surface area contributed by atoms with Gasteiger partial charge in [-0.2, -0.15) is 0 Å². The highest BCUT2D eigenvalue weighted by Gasteiger charge is 2.50. The Bertz CT molecular complexity index is 1140. The molecule has 6 N–H and O–H groups in total. The third-order valence-corrected chi connectivity index (χ3v) is 15.7. The van der Waals surface area contributed by atoms with E-state index in [0.29, 0.717) is 17.6 Å². The molecule has 0 aromatic rings. The predicted octanol–water partition coefficient (Wildman–Crippen LogP) is 7.81. The fourth-order valence-electron chi connectivity index (χ4n) is 11.1. The van der Waals surface area contributed by atoms with Crippen LogP contribution in [0.1, 0.15) is 187 Å². The zero-order chi connectivity index (χ0) is 40.4. The summed E-state index contributed by atoms with van der Waals surface area (Å²) in [5.74, 6) is 3.48. The zero-order valence-corrected chi connectivity index (χ0v) is 36.4. The molecule has 0 aromatic heterocycles. The van der Waals surface area contributed by atoms with Crippen molar-refractivity contribution in [3.63, 3.8) is 0 Å². The number of ether oxygens (including phenoxy) is 2. The van der Waals surface area contributed by atoms with Gasteiger partial charge in [0.2, 0.25) is 0 Å². The highest BCUT2D eigenvalue weighted by atomic mass is 32.2. The largest absolute Gasteiger partial charge is 0.394 e. The minimum absolute atomic E-state index is 0.326. The van der Waals surface area contributed by atoms with Crippen LogP contribution in [-0.2, 0) is 19.2 Å². The Morgan fingerprint density at radius 2 is 1.18 bits per heavy atom. The number of aliphatic hydroxyl groups is 6. The maximum Gasteiger partial charge on any atom is 0.186 e. The summed E-state index contributed by atoms with van der Waals surface area (Å²) in [6.07, 6.45) is 26.3. The molecular formula is C45H85NO9S. The normalized spacial score (nSPS) is 32.6. The molecule has 4 aliphatic carbocycles. The Labute approximate surface area is 341 Å². The van der Waals surface area contributed by atoms with Crippen molar-refractivity contribution in [2.75, 3.05) is 25.2 Å². The lowest BCUT2D eigenvalue weighted by Crippen LogP contribution is -2.59. The molecule has 330 valence electrons. The fraction of sp³-hybridized carbons (Fsp3) is 1.00. The molecule has 0 radical (unpaired) electrons. The highest BCUT2D eigenvalue weighted by Crippen LogP contribution is 2.61. The standard InChI is InChI=1S/C45H85NO9S/c1-3-4-5-6-7-8-9-10-11-14-17-20-23-38(48)40(49)37(33-54-44-43(52)42(51)41(50)39(32-47)55-44)46-56(2,53)25-22-19-16-13-12-15-18-21-24-45-29-34-26-35(30-45)28-36(27-34)31-45/h34-44,47-52H,3-33H2,1-2H3/t34?,35?,36?,37-,38+,39?,40-,41?,42?,43?,44?,45?,56?/m0/s1. The Kier molecular flexibility index (Phi) is 21.9. The highest BCUT2D eigenvalue weighted by molar-refractivity contribution is 7.92. The van der Waals surface area contributed by atoms with Crippen molar-refractivity contribution in [3.8, 4) is 0 Å². The second-order valence-electron chi connectivity index (χ2n) is 19.1. The maximum atomic E-state index is 13.7. The fourth-order valence-corrected chi connectivity index (χ4v) is 12.7. The van der Waals surface area contributed by atoms with Gasteiger partial charge in [0, 0.05) is 21.7 Å². The smallest absolute Gasteiger partial charge is 0.186 e. The lowest BCUT2D eigenvalue weighted by molar-refractivity contribution is -0.302. The molecule has 4 bridgehead atoms. The van der Waals surface area contributed by atoms with E-state index in [1.807, 2.05) is 0 Å². The maximum absolute atomic E-state index is 13.7. The van der Waals surface area contributed by atoms with Crippen LogP contribution >= 0.6 is 0 Å². The third kappa shape index (κ3) is 16.2. The van der Waals surface area contributed by atoms with Crippen molar-refractivity contribution >= 4 is 9.73 Å². The van der Waals surface area contributed by atoms with Gasteiger partial charge in [0.1, 0.15) is 36.6 Å². The number of nitrogens with zero attached hydrogens (tertiary/aromatic N) is 1. The van der Waals surface area contributed by atoms with E-state index >= 15 is 0 Å². The average molecular weight is 816 g/mol. The summed E-state index contributed by atoms with van der Waals surface area (Å²) in [6, 6.07) is -1.06. The molecule has 0 aromatic carbocycles. The SMILES string of the molecule is CCCCCCCCCCCCCC[C@@H](O)[C@@H](O)[C@H](COC1OC(CO)C(O)C(O)C1O)N=S(C)(=O)CCCCCCCCCCC12CC3CC(CC(C3)C1)C2. The minimum atomic E-state index is -2.74. The summed E-state index contributed by atoms with van der Waals surface area (Å²) in [6.45, 7) is 1.32. The molecule has 0 spiro atoms. The van der Waals surface area contributed by atoms with Crippen LogP contribution in [0.15, 0.2) is 4.36 Å². The van der Waals surface area contributed by atoms with Crippen molar-refractivity contribution in [3.05, 3.63) is 0 Å². The molecule has 5 aliphatic rings. The molecule has 11 heteroatoms. The molecule has 4 saturated carbocycles. The number of hydrogen-bond acceptors (Lipinski definition) is 10. The van der Waals surface area contributed by atoms with Crippen LogP contribution in [0.25, 0.3) is 0 Å². The lowest BCUT2D eigenvalue weighted by Gasteiger charge is -2.57. The van der Waals surface area contributed by atoms with Gasteiger partial charge in [-0.15, -0.1) is 0 Å². The van der Waals surface area contributed by atoms with Gasteiger partial charge < -0.3 is 40.1 Å². The number of aliphatic hydroxyl groups excluding tert-OH is 6. The zero-order valence-electron chi connectivity index (χ0n) is 35.5. The summed E-state index contributed by atoms with van der Waals surface area (Å²) < 4.78 is 29.5. The summed E-state index contributed by atoms with van der Waals surface area (Å²) in [4.78, 5) is 0. The van der Waals surface area contributed by atoms with Crippen LogP contribution in [0.4, 0.5) is 0 Å². The van der Waals surface area contributed by atoms with Gasteiger partial charge in [0.15, 0.2) is 6.29 Å². The van der Waals surface area contributed by atoms with Gasteiger partial charge in [-0.05, 0) is 81.0 Å². The van der Waals surface area contributed by atoms with Gasteiger partial charge in [0.05, 0.1) is 19.3 Å². The quantitative estimate of drug-likeness (QED) is 0.0383. The van der Waals surface area contributed by atoms with Crippen molar-refractivity contribution in [2.45, 2.75) is 236 Å². The van der Waals surface area contributed by atoms with E-state index in [9.17, 15) is 34.8 Å². The summed E-state index contributed by atoms with van der Waals surface area (Å²) in [5, 5.41) is 62.8. The first-order chi connectivity index (χ1) is 27.0. The Morgan fingerprint density at radius 3 is 1.70 bits per heavy atom. The van der Waals surface area contributed by atoms with E-state index in [1.54, 1.807) is 6.26 Å². The second-order valence-corrected chi connectivity index (χ2v) is 21.6. The van der Waals surface area contributed by atoms with E-state index in [0.717, 1.165) is 62.7 Å². The van der Waals surface area contributed by atoms with Crippen LogP contribution in [-0.4, -0.2) is 109 Å². The van der Waals surface area contributed by atoms with E-state index < -0.39 is 65.3 Å². The summed E-state index contributed by atoms with van der Waals surface area (Å²) in [5.41, 5.74) is 0.693. The summed E-state index contributed by atoms with van der Waals surface area (Å²) in [7, 11) is -2.74. The average Bonchev–Trinajstić information content (AvgIpc) is 3.16. The first-order valence-corrected chi connectivity index (χ1v) is 25.5. The topological polar surface area (TPSA) is 169 Å². The Hall–Kier alpha value is -0.370. The van der Waals surface area contributed by atoms with Gasteiger partial charge in [-0.25, -0.2) is 4.36 Å². The molecule has 1 aliphatic heterocycles. The van der Waals surface area contributed by atoms with Crippen LogP contribution in [0.5, 0.6) is 0 Å². The molecule has 5 fully saturated rings. The summed E-state index contributed by atoms with van der Waals surface area (Å²) >= 11 is 0. The molecule has 0 amide bonds. The number of hydrogen-bond donors (Lipinski definition) is 6. The van der Waals surface area contributed by atoms with Crippen LogP contribution in [0, 0.1) is 23.2 Å². The van der Waals surface area contributed by atoms with Crippen LogP contribution < -0.4 is 0 Å². The van der Waals surface area contributed by atoms with Crippen LogP contribution in [0.3, 0.4) is 0 Å². The molecule has 6 unspecified atom stereocenters. The molecule has 9 atom stereocenters.